The Morgan fingerprint density at radius 1 is 1.19 bits per heavy atom. The van der Waals surface area contributed by atoms with Gasteiger partial charge in [-0.15, -0.1) is 13.2 Å². The SMILES string of the molecule is COc1cc2c(cc1Nc1ncc(C(N)=O)c(NCc3ccccc3OC(F)(F)F)n1)CN(C)CC2. The van der Waals surface area contributed by atoms with Crippen LogP contribution in [0.5, 0.6) is 11.5 Å². The smallest absolute Gasteiger partial charge is 0.495 e. The highest BCUT2D eigenvalue weighted by Crippen LogP contribution is 2.33. The van der Waals surface area contributed by atoms with Gasteiger partial charge in [0, 0.05) is 31.4 Å². The number of amides is 1. The van der Waals surface area contributed by atoms with Crippen molar-refractivity contribution < 1.29 is 27.4 Å². The molecule has 0 saturated carbocycles. The van der Waals surface area contributed by atoms with Crippen molar-refractivity contribution in [2.75, 3.05) is 31.3 Å². The molecule has 0 saturated heterocycles. The average molecular weight is 502 g/mol. The first kappa shape index (κ1) is 25.0. The van der Waals surface area contributed by atoms with E-state index in [9.17, 15) is 18.0 Å². The molecule has 0 bridgehead atoms. The number of carbonyl (C=O) groups is 1. The van der Waals surface area contributed by atoms with Crippen LogP contribution in [0.2, 0.25) is 0 Å². The lowest BCUT2D eigenvalue weighted by Crippen LogP contribution is -2.26. The zero-order chi connectivity index (χ0) is 25.9. The summed E-state index contributed by atoms with van der Waals surface area (Å²) in [6.07, 6.45) is -2.69. The van der Waals surface area contributed by atoms with Crippen LogP contribution in [0.3, 0.4) is 0 Å². The van der Waals surface area contributed by atoms with Crippen LogP contribution in [0.25, 0.3) is 0 Å². The van der Waals surface area contributed by atoms with Crippen molar-refractivity contribution in [3.63, 3.8) is 0 Å². The highest BCUT2D eigenvalue weighted by Gasteiger charge is 2.32. The van der Waals surface area contributed by atoms with Crippen LogP contribution >= 0.6 is 0 Å². The second kappa shape index (κ2) is 10.3. The molecule has 0 radical (unpaired) electrons. The number of nitrogens with one attached hydrogen (secondary N) is 2. The molecule has 1 amide bonds. The summed E-state index contributed by atoms with van der Waals surface area (Å²) in [6.45, 7) is 1.62. The quantitative estimate of drug-likeness (QED) is 0.426. The van der Waals surface area contributed by atoms with Crippen molar-refractivity contribution in [2.24, 2.45) is 5.73 Å². The number of alkyl halides is 3. The maximum Gasteiger partial charge on any atom is 0.573 e. The predicted molar refractivity (Wildman–Crippen MR) is 127 cm³/mol. The van der Waals surface area contributed by atoms with E-state index in [-0.39, 0.29) is 35.2 Å². The van der Waals surface area contributed by atoms with E-state index >= 15 is 0 Å². The lowest BCUT2D eigenvalue weighted by Gasteiger charge is -2.26. The third-order valence-electron chi connectivity index (χ3n) is 5.67. The molecular formula is C24H25F3N6O3. The molecule has 1 aromatic heterocycles. The number of rotatable bonds is 8. The third kappa shape index (κ3) is 5.95. The number of aromatic nitrogens is 2. The number of ether oxygens (including phenoxy) is 2. The minimum atomic E-state index is -4.84. The maximum atomic E-state index is 12.8. The molecule has 0 unspecified atom stereocenters. The number of carbonyl (C=O) groups excluding carboxylic acids is 1. The summed E-state index contributed by atoms with van der Waals surface area (Å²) in [6, 6.07) is 9.60. The van der Waals surface area contributed by atoms with Crippen molar-refractivity contribution in [3.05, 3.63) is 64.8 Å². The standard InChI is InChI=1S/C24H25F3N6O3/c1-33-8-7-14-10-20(35-2)18(9-16(14)13-33)31-23-30-12-17(21(28)34)22(32-23)29-11-15-5-3-4-6-19(15)36-24(25,26)27/h3-6,9-10,12H,7-8,11,13H2,1-2H3,(H2,28,34)(H2,29,30,31,32). The zero-order valence-electron chi connectivity index (χ0n) is 19.6. The van der Waals surface area contributed by atoms with Crippen LogP contribution in [0.4, 0.5) is 30.6 Å². The Hall–Kier alpha value is -4.06. The van der Waals surface area contributed by atoms with Crippen LogP contribution in [0.15, 0.2) is 42.6 Å². The van der Waals surface area contributed by atoms with Gasteiger partial charge >= 0.3 is 6.36 Å². The Balaban J connectivity index is 1.60. The van der Waals surface area contributed by atoms with Gasteiger partial charge in [0.25, 0.3) is 5.91 Å². The topological polar surface area (TPSA) is 115 Å². The highest BCUT2D eigenvalue weighted by molar-refractivity contribution is 5.97. The molecule has 12 heteroatoms. The predicted octanol–water partition coefficient (Wildman–Crippen LogP) is 3.83. The van der Waals surface area contributed by atoms with E-state index in [4.69, 9.17) is 10.5 Å². The number of likely N-dealkylation sites (N-methyl/N-ethyl adjacent to an activating group) is 1. The number of hydrogen-bond acceptors (Lipinski definition) is 8. The molecular weight excluding hydrogens is 477 g/mol. The molecule has 190 valence electrons. The lowest BCUT2D eigenvalue weighted by atomic mass is 9.99. The van der Waals surface area contributed by atoms with Gasteiger partial charge in [0.05, 0.1) is 18.4 Å². The number of benzene rings is 2. The fraction of sp³-hybridized carbons (Fsp3) is 0.292. The second-order valence-electron chi connectivity index (χ2n) is 8.26. The molecule has 2 aromatic carbocycles. The summed E-state index contributed by atoms with van der Waals surface area (Å²) in [5.74, 6) is -0.357. The summed E-state index contributed by atoms with van der Waals surface area (Å²) in [5, 5.41) is 5.97. The van der Waals surface area contributed by atoms with E-state index in [2.05, 4.69) is 30.2 Å². The molecule has 3 aromatic rings. The second-order valence-corrected chi connectivity index (χ2v) is 8.26. The first-order valence-electron chi connectivity index (χ1n) is 11.0. The first-order valence-corrected chi connectivity index (χ1v) is 11.0. The number of primary amides is 1. The van der Waals surface area contributed by atoms with Gasteiger partial charge in [-0.25, -0.2) is 4.98 Å². The van der Waals surface area contributed by atoms with Crippen LogP contribution in [0, 0.1) is 0 Å². The molecule has 0 atom stereocenters. The number of fused-ring (bicyclic) bond motifs is 1. The summed E-state index contributed by atoms with van der Waals surface area (Å²) in [5.41, 5.74) is 8.61. The first-order chi connectivity index (χ1) is 17.1. The van der Waals surface area contributed by atoms with Gasteiger partial charge in [0.2, 0.25) is 5.95 Å². The maximum absolute atomic E-state index is 12.8. The average Bonchev–Trinajstić information content (AvgIpc) is 2.82. The van der Waals surface area contributed by atoms with Gasteiger partial charge in [0.1, 0.15) is 17.3 Å². The van der Waals surface area contributed by atoms with Gasteiger partial charge in [-0.1, -0.05) is 18.2 Å². The van der Waals surface area contributed by atoms with E-state index in [1.807, 2.05) is 19.2 Å². The fourth-order valence-corrected chi connectivity index (χ4v) is 3.93. The summed E-state index contributed by atoms with van der Waals surface area (Å²) < 4.78 is 47.9. The zero-order valence-corrected chi connectivity index (χ0v) is 19.6. The van der Waals surface area contributed by atoms with Crippen molar-refractivity contribution in [2.45, 2.75) is 25.9 Å². The number of hydrogen-bond donors (Lipinski definition) is 3. The summed E-state index contributed by atoms with van der Waals surface area (Å²) in [7, 11) is 3.61. The van der Waals surface area contributed by atoms with Crippen molar-refractivity contribution in [1.29, 1.82) is 0 Å². The van der Waals surface area contributed by atoms with Gasteiger partial charge < -0.3 is 30.7 Å². The normalized spacial score (nSPS) is 13.6. The fourth-order valence-electron chi connectivity index (χ4n) is 3.93. The number of methoxy groups -OCH3 is 1. The molecule has 4 N–H and O–H groups in total. The van der Waals surface area contributed by atoms with Crippen LogP contribution in [0.1, 0.15) is 27.0 Å². The molecule has 9 nitrogen and oxygen atoms in total. The van der Waals surface area contributed by atoms with Gasteiger partial charge in [-0.05, 0) is 42.8 Å². The highest BCUT2D eigenvalue weighted by atomic mass is 19.4. The van der Waals surface area contributed by atoms with E-state index in [0.29, 0.717) is 11.4 Å². The van der Waals surface area contributed by atoms with E-state index < -0.39 is 12.3 Å². The lowest BCUT2D eigenvalue weighted by molar-refractivity contribution is -0.274. The number of nitrogens with two attached hydrogens (primary N) is 1. The van der Waals surface area contributed by atoms with Crippen molar-refractivity contribution in [3.8, 4) is 11.5 Å². The van der Waals surface area contributed by atoms with Crippen LogP contribution in [-0.4, -0.2) is 47.8 Å². The molecule has 1 aliphatic heterocycles. The minimum Gasteiger partial charge on any atom is -0.495 e. The molecule has 36 heavy (non-hydrogen) atoms. The van der Waals surface area contributed by atoms with Crippen molar-refractivity contribution >= 4 is 23.4 Å². The number of halogens is 3. The minimum absolute atomic E-state index is 0.0196. The van der Waals surface area contributed by atoms with E-state index in [0.717, 1.165) is 25.1 Å². The Bertz CT molecular complexity index is 1270. The van der Waals surface area contributed by atoms with E-state index in [1.54, 1.807) is 13.2 Å². The Kier molecular flexibility index (Phi) is 7.15. The molecule has 2 heterocycles. The number of para-hydroxylation sites is 1. The summed E-state index contributed by atoms with van der Waals surface area (Å²) in [4.78, 5) is 22.7. The summed E-state index contributed by atoms with van der Waals surface area (Å²) >= 11 is 0. The van der Waals surface area contributed by atoms with Gasteiger partial charge in [-0.3, -0.25) is 4.79 Å². The monoisotopic (exact) mass is 502 g/mol. The number of nitrogens with zero attached hydrogens (tertiary/aromatic N) is 3. The molecule has 1 aliphatic rings. The molecule has 4 rings (SSSR count). The molecule has 0 spiro atoms. The number of anilines is 3. The van der Waals surface area contributed by atoms with Gasteiger partial charge in [0.15, 0.2) is 0 Å². The van der Waals surface area contributed by atoms with Crippen molar-refractivity contribution in [1.82, 2.24) is 14.9 Å². The third-order valence-corrected chi connectivity index (χ3v) is 5.67. The van der Waals surface area contributed by atoms with Gasteiger partial charge in [-0.2, -0.15) is 4.98 Å². The largest absolute Gasteiger partial charge is 0.573 e. The molecule has 0 fully saturated rings. The molecule has 0 aliphatic carbocycles. The van der Waals surface area contributed by atoms with Crippen LogP contribution < -0.4 is 25.8 Å². The van der Waals surface area contributed by atoms with E-state index in [1.165, 1.54) is 30.0 Å². The Morgan fingerprint density at radius 2 is 1.97 bits per heavy atom. The Labute approximate surface area is 205 Å². The Morgan fingerprint density at radius 3 is 2.69 bits per heavy atom. The van der Waals surface area contributed by atoms with Crippen LogP contribution in [-0.2, 0) is 19.5 Å².